The average Bonchev–Trinajstić information content (AvgIpc) is 3.01. The number of aromatic nitrogens is 1. The zero-order valence-electron chi connectivity index (χ0n) is 13.1. The van der Waals surface area contributed by atoms with Gasteiger partial charge in [0.15, 0.2) is 5.76 Å². The molecule has 5 heteroatoms. The number of hydrogen-bond donors (Lipinski definition) is 1. The van der Waals surface area contributed by atoms with Crippen LogP contribution in [0.15, 0.2) is 28.8 Å². The van der Waals surface area contributed by atoms with Gasteiger partial charge in [-0.15, -0.1) is 0 Å². The second kappa shape index (κ2) is 5.83. The van der Waals surface area contributed by atoms with Crippen molar-refractivity contribution in [2.24, 2.45) is 0 Å². The highest BCUT2D eigenvalue weighted by atomic mass is 16.5. The summed E-state index contributed by atoms with van der Waals surface area (Å²) in [4.78, 5) is 11.7. The Morgan fingerprint density at radius 3 is 3.00 bits per heavy atom. The Balaban J connectivity index is 1.74. The molecule has 1 atom stereocenters. The lowest BCUT2D eigenvalue weighted by atomic mass is 10.1. The Labute approximate surface area is 129 Å². The van der Waals surface area contributed by atoms with Crippen molar-refractivity contribution < 1.29 is 14.1 Å². The number of rotatable bonds is 4. The van der Waals surface area contributed by atoms with Gasteiger partial charge in [0.1, 0.15) is 11.9 Å². The third-order valence-corrected chi connectivity index (χ3v) is 3.53. The Morgan fingerprint density at radius 1 is 1.41 bits per heavy atom. The minimum Gasteiger partial charge on any atom is -0.490 e. The molecule has 1 aliphatic rings. The molecule has 0 radical (unpaired) electrons. The molecular formula is C17H20N2O3. The molecule has 2 heterocycles. The van der Waals surface area contributed by atoms with Gasteiger partial charge in [-0.25, -0.2) is 0 Å². The van der Waals surface area contributed by atoms with E-state index in [0.717, 1.165) is 17.7 Å². The number of benzene rings is 1. The van der Waals surface area contributed by atoms with E-state index < -0.39 is 0 Å². The maximum absolute atomic E-state index is 11.7. The summed E-state index contributed by atoms with van der Waals surface area (Å²) in [5, 5.41) is 6.82. The van der Waals surface area contributed by atoms with Crippen LogP contribution >= 0.6 is 0 Å². The van der Waals surface area contributed by atoms with Crippen LogP contribution in [0.25, 0.3) is 11.3 Å². The van der Waals surface area contributed by atoms with E-state index in [0.29, 0.717) is 11.5 Å². The standard InChI is InChI=1S/C17H20N2O3/c1-10(2)18-17(20)9-14-8-16(22-19-14)12-4-5-15-13(7-12)6-11(3)21-15/h4-5,7-8,10-11H,6,9H2,1-3H3,(H,18,20). The van der Waals surface area contributed by atoms with Crippen LogP contribution in [0, 0.1) is 0 Å². The molecule has 5 nitrogen and oxygen atoms in total. The molecule has 1 unspecified atom stereocenters. The highest BCUT2D eigenvalue weighted by Crippen LogP contribution is 2.33. The number of fused-ring (bicyclic) bond motifs is 1. The van der Waals surface area contributed by atoms with E-state index >= 15 is 0 Å². The molecule has 0 fully saturated rings. The van der Waals surface area contributed by atoms with Gasteiger partial charge in [-0.2, -0.15) is 0 Å². The second-order valence-electron chi connectivity index (χ2n) is 6.04. The quantitative estimate of drug-likeness (QED) is 0.943. The second-order valence-corrected chi connectivity index (χ2v) is 6.04. The van der Waals surface area contributed by atoms with Crippen molar-refractivity contribution in [1.29, 1.82) is 0 Å². The number of nitrogens with one attached hydrogen (secondary N) is 1. The summed E-state index contributed by atoms with van der Waals surface area (Å²) in [6.07, 6.45) is 1.35. The molecule has 1 aliphatic heterocycles. The van der Waals surface area contributed by atoms with E-state index in [1.54, 1.807) is 0 Å². The molecule has 22 heavy (non-hydrogen) atoms. The number of amides is 1. The largest absolute Gasteiger partial charge is 0.490 e. The van der Waals surface area contributed by atoms with Gasteiger partial charge < -0.3 is 14.6 Å². The first kappa shape index (κ1) is 14.6. The van der Waals surface area contributed by atoms with Crippen LogP contribution in [0.1, 0.15) is 32.0 Å². The van der Waals surface area contributed by atoms with Gasteiger partial charge in [0.25, 0.3) is 0 Å². The first-order chi connectivity index (χ1) is 10.5. The molecule has 1 aromatic heterocycles. The van der Waals surface area contributed by atoms with E-state index in [9.17, 15) is 4.79 Å². The average molecular weight is 300 g/mol. The van der Waals surface area contributed by atoms with E-state index in [-0.39, 0.29) is 24.5 Å². The molecule has 3 rings (SSSR count). The van der Waals surface area contributed by atoms with Crippen molar-refractivity contribution in [1.82, 2.24) is 10.5 Å². The number of hydrogen-bond acceptors (Lipinski definition) is 4. The van der Waals surface area contributed by atoms with Crippen molar-refractivity contribution in [3.05, 3.63) is 35.5 Å². The first-order valence-corrected chi connectivity index (χ1v) is 7.56. The topological polar surface area (TPSA) is 64.4 Å². The number of ether oxygens (including phenoxy) is 1. The van der Waals surface area contributed by atoms with Crippen molar-refractivity contribution in [2.45, 2.75) is 45.8 Å². The van der Waals surface area contributed by atoms with Gasteiger partial charge >= 0.3 is 0 Å². The third kappa shape index (κ3) is 3.13. The van der Waals surface area contributed by atoms with Gasteiger partial charge in [0.05, 0.1) is 12.1 Å². The molecule has 1 N–H and O–H groups in total. The SMILES string of the molecule is CC(C)NC(=O)Cc1cc(-c2ccc3c(c2)CC(C)O3)on1. The molecule has 2 aromatic rings. The lowest BCUT2D eigenvalue weighted by molar-refractivity contribution is -0.121. The van der Waals surface area contributed by atoms with Crippen LogP contribution in [0.2, 0.25) is 0 Å². The van der Waals surface area contributed by atoms with E-state index in [2.05, 4.69) is 23.5 Å². The summed E-state index contributed by atoms with van der Waals surface area (Å²) in [5.41, 5.74) is 2.78. The minimum absolute atomic E-state index is 0.0500. The number of carbonyl (C=O) groups excluding carboxylic acids is 1. The first-order valence-electron chi connectivity index (χ1n) is 7.56. The van der Waals surface area contributed by atoms with Gasteiger partial charge in [-0.05, 0) is 44.5 Å². The highest BCUT2D eigenvalue weighted by molar-refractivity contribution is 5.78. The molecule has 1 amide bonds. The fourth-order valence-electron chi connectivity index (χ4n) is 2.64. The smallest absolute Gasteiger partial charge is 0.226 e. The summed E-state index contributed by atoms with van der Waals surface area (Å²) >= 11 is 0. The third-order valence-electron chi connectivity index (χ3n) is 3.53. The zero-order valence-corrected chi connectivity index (χ0v) is 13.1. The summed E-state index contributed by atoms with van der Waals surface area (Å²) in [5.74, 6) is 1.56. The molecule has 1 aromatic carbocycles. The summed E-state index contributed by atoms with van der Waals surface area (Å²) in [6, 6.07) is 7.92. The minimum atomic E-state index is -0.0500. The van der Waals surface area contributed by atoms with Crippen LogP contribution in [0.3, 0.4) is 0 Å². The fraction of sp³-hybridized carbons (Fsp3) is 0.412. The molecule has 0 spiro atoms. The van der Waals surface area contributed by atoms with Crippen molar-refractivity contribution in [3.63, 3.8) is 0 Å². The normalized spacial score (nSPS) is 16.5. The summed E-state index contributed by atoms with van der Waals surface area (Å²) < 4.78 is 11.1. The van der Waals surface area contributed by atoms with E-state index in [4.69, 9.17) is 9.26 Å². The lowest BCUT2D eigenvalue weighted by Crippen LogP contribution is -2.31. The number of nitrogens with zero attached hydrogens (tertiary/aromatic N) is 1. The van der Waals surface area contributed by atoms with Crippen molar-refractivity contribution in [3.8, 4) is 17.1 Å². The Bertz CT molecular complexity index is 691. The van der Waals surface area contributed by atoms with Crippen LogP contribution in [-0.4, -0.2) is 23.2 Å². The van der Waals surface area contributed by atoms with E-state index in [1.807, 2.05) is 32.0 Å². The van der Waals surface area contributed by atoms with Gasteiger partial charge in [-0.1, -0.05) is 5.16 Å². The molecule has 116 valence electrons. The molecule has 0 saturated carbocycles. The molecule has 0 aliphatic carbocycles. The summed E-state index contributed by atoms with van der Waals surface area (Å²) in [6.45, 7) is 5.92. The zero-order chi connectivity index (χ0) is 15.7. The summed E-state index contributed by atoms with van der Waals surface area (Å²) in [7, 11) is 0. The van der Waals surface area contributed by atoms with E-state index in [1.165, 1.54) is 5.56 Å². The Kier molecular flexibility index (Phi) is 3.88. The number of carbonyl (C=O) groups is 1. The predicted molar refractivity (Wildman–Crippen MR) is 82.7 cm³/mol. The molecule has 0 bridgehead atoms. The maximum Gasteiger partial charge on any atom is 0.226 e. The molecular weight excluding hydrogens is 280 g/mol. The van der Waals surface area contributed by atoms with Crippen LogP contribution in [-0.2, 0) is 17.6 Å². The van der Waals surface area contributed by atoms with Gasteiger partial charge in [0, 0.05) is 24.1 Å². The molecule has 0 saturated heterocycles. The highest BCUT2D eigenvalue weighted by Gasteiger charge is 2.20. The fourth-order valence-corrected chi connectivity index (χ4v) is 2.64. The van der Waals surface area contributed by atoms with Gasteiger partial charge in [-0.3, -0.25) is 4.79 Å². The maximum atomic E-state index is 11.7. The Hall–Kier alpha value is -2.30. The van der Waals surface area contributed by atoms with Gasteiger partial charge in [0.2, 0.25) is 5.91 Å². The lowest BCUT2D eigenvalue weighted by Gasteiger charge is -2.05. The predicted octanol–water partition coefficient (Wildman–Crippen LogP) is 2.73. The Morgan fingerprint density at radius 2 is 2.23 bits per heavy atom. The van der Waals surface area contributed by atoms with Crippen LogP contribution < -0.4 is 10.1 Å². The van der Waals surface area contributed by atoms with Crippen LogP contribution in [0.4, 0.5) is 0 Å². The van der Waals surface area contributed by atoms with Crippen LogP contribution in [0.5, 0.6) is 5.75 Å². The van der Waals surface area contributed by atoms with Crippen molar-refractivity contribution in [2.75, 3.05) is 0 Å². The van der Waals surface area contributed by atoms with Crippen molar-refractivity contribution >= 4 is 5.91 Å². The monoisotopic (exact) mass is 300 g/mol.